The van der Waals surface area contributed by atoms with Crippen LogP contribution in [0.5, 0.6) is 0 Å². The Labute approximate surface area is 141 Å². The first-order valence-corrected chi connectivity index (χ1v) is 7.66. The quantitative estimate of drug-likeness (QED) is 0.420. The summed E-state index contributed by atoms with van der Waals surface area (Å²) >= 11 is 0. The van der Waals surface area contributed by atoms with Crippen LogP contribution in [-0.4, -0.2) is 53.2 Å². The molecule has 0 aromatic carbocycles. The molecule has 1 aliphatic heterocycles. The van der Waals surface area contributed by atoms with Gasteiger partial charge in [0.25, 0.3) is 6.23 Å². The summed E-state index contributed by atoms with van der Waals surface area (Å²) in [5.74, 6) is 0.202. The van der Waals surface area contributed by atoms with Crippen molar-refractivity contribution in [2.75, 3.05) is 5.73 Å². The number of aromatic nitrogens is 5. The van der Waals surface area contributed by atoms with Gasteiger partial charge in [0.2, 0.25) is 0 Å². The summed E-state index contributed by atoms with van der Waals surface area (Å²) in [5, 5.41) is 31.2. The lowest BCUT2D eigenvalue weighted by Gasteiger charge is -2.17. The first-order chi connectivity index (χ1) is 12.1. The molecule has 4 heterocycles. The minimum absolute atomic E-state index is 0.202. The van der Waals surface area contributed by atoms with Crippen LogP contribution in [0.4, 0.5) is 5.82 Å². The fraction of sp³-hybridized carbons (Fsp3) is 0.333. The summed E-state index contributed by atoms with van der Waals surface area (Å²) in [6.07, 6.45) is 0.192. The molecule has 0 amide bonds. The molecule has 0 bridgehead atoms. The highest BCUT2D eigenvalue weighted by atomic mass is 16.6. The average molecular weight is 345 g/mol. The summed E-state index contributed by atoms with van der Waals surface area (Å²) < 4.78 is 8.69. The fourth-order valence-corrected chi connectivity index (χ4v) is 2.98. The van der Waals surface area contributed by atoms with Gasteiger partial charge >= 0.3 is 0 Å². The summed E-state index contributed by atoms with van der Waals surface area (Å²) in [4.78, 5) is 12.1. The number of nitrogens with zero attached hydrogens (tertiary/aromatic N) is 5. The van der Waals surface area contributed by atoms with Crippen LogP contribution in [0, 0.1) is 0 Å². The molecular weight excluding hydrogens is 328 g/mol. The number of nitrogens with two attached hydrogens (primary N) is 1. The zero-order valence-electron chi connectivity index (χ0n) is 13.0. The van der Waals surface area contributed by atoms with E-state index in [1.807, 2.05) is 0 Å². The molecule has 3 aromatic rings. The van der Waals surface area contributed by atoms with Crippen molar-refractivity contribution in [1.82, 2.24) is 19.5 Å². The van der Waals surface area contributed by atoms with E-state index in [0.717, 1.165) is 0 Å². The third-order valence-corrected chi connectivity index (χ3v) is 4.27. The maximum atomic E-state index is 10.5. The van der Waals surface area contributed by atoms with Gasteiger partial charge in [0.15, 0.2) is 36.2 Å². The standard InChI is InChI=1S/C15H17N6O4/c16-12-8-13(18-6-17-12)21(7-19-8)15-10(23)9(22)11(25-15)14(24)20-4-2-1-3-5-20/h1-7,9-11,14-15,22-24H,(H2,16,17,18)/q+1. The second kappa shape index (κ2) is 6.01. The summed E-state index contributed by atoms with van der Waals surface area (Å²) in [6, 6.07) is 5.28. The molecule has 1 saturated heterocycles. The number of aliphatic hydroxyl groups excluding tert-OH is 3. The maximum absolute atomic E-state index is 10.5. The van der Waals surface area contributed by atoms with Crippen LogP contribution in [0.2, 0.25) is 0 Å². The molecule has 5 N–H and O–H groups in total. The Morgan fingerprint density at radius 1 is 1.12 bits per heavy atom. The van der Waals surface area contributed by atoms with Gasteiger partial charge in [-0.1, -0.05) is 6.07 Å². The number of hydrogen-bond donors (Lipinski definition) is 4. The van der Waals surface area contributed by atoms with Gasteiger partial charge < -0.3 is 25.8 Å². The van der Waals surface area contributed by atoms with Crippen molar-refractivity contribution < 1.29 is 24.6 Å². The maximum Gasteiger partial charge on any atom is 0.289 e. The van der Waals surface area contributed by atoms with Gasteiger partial charge in [0, 0.05) is 12.1 Å². The summed E-state index contributed by atoms with van der Waals surface area (Å²) in [6.45, 7) is 0. The molecule has 4 rings (SSSR count). The largest absolute Gasteiger partial charge is 0.387 e. The van der Waals surface area contributed by atoms with Gasteiger partial charge in [0.1, 0.15) is 24.1 Å². The zero-order valence-corrected chi connectivity index (χ0v) is 13.0. The average Bonchev–Trinajstić information content (AvgIpc) is 3.18. The minimum atomic E-state index is -1.30. The van der Waals surface area contributed by atoms with Gasteiger partial charge in [-0.15, -0.1) is 0 Å². The van der Waals surface area contributed by atoms with E-state index in [4.69, 9.17) is 10.5 Å². The van der Waals surface area contributed by atoms with Crippen molar-refractivity contribution in [2.45, 2.75) is 30.8 Å². The van der Waals surface area contributed by atoms with Gasteiger partial charge in [-0.25, -0.2) is 15.0 Å². The Bertz CT molecular complexity index is 888. The Morgan fingerprint density at radius 2 is 1.88 bits per heavy atom. The molecule has 0 aliphatic carbocycles. The molecule has 3 aromatic heterocycles. The van der Waals surface area contributed by atoms with Gasteiger partial charge in [0.05, 0.1) is 6.33 Å². The SMILES string of the molecule is Nc1ncnc2c1ncn2C1OC(C(O)[n+]2ccccc2)C(O)C1O. The van der Waals surface area contributed by atoms with Crippen LogP contribution >= 0.6 is 0 Å². The summed E-state index contributed by atoms with van der Waals surface area (Å²) in [7, 11) is 0. The van der Waals surface area contributed by atoms with Crippen molar-refractivity contribution in [2.24, 2.45) is 0 Å². The monoisotopic (exact) mass is 345 g/mol. The van der Waals surface area contributed by atoms with E-state index < -0.39 is 30.8 Å². The number of nitrogen functional groups attached to an aromatic ring is 1. The van der Waals surface area contributed by atoms with Crippen LogP contribution in [0.1, 0.15) is 12.5 Å². The molecule has 1 aliphatic rings. The molecule has 130 valence electrons. The number of fused-ring (bicyclic) bond motifs is 1. The van der Waals surface area contributed by atoms with E-state index in [1.165, 1.54) is 21.8 Å². The Kier molecular flexibility index (Phi) is 3.81. The second-order valence-electron chi connectivity index (χ2n) is 5.79. The van der Waals surface area contributed by atoms with Crippen molar-refractivity contribution >= 4 is 17.0 Å². The highest BCUT2D eigenvalue weighted by molar-refractivity contribution is 5.81. The van der Waals surface area contributed by atoms with Crippen molar-refractivity contribution in [1.29, 1.82) is 0 Å². The first-order valence-electron chi connectivity index (χ1n) is 7.66. The molecule has 10 nitrogen and oxygen atoms in total. The third-order valence-electron chi connectivity index (χ3n) is 4.27. The number of ether oxygens (including phenoxy) is 1. The minimum Gasteiger partial charge on any atom is -0.387 e. The van der Waals surface area contributed by atoms with Crippen molar-refractivity contribution in [3.8, 4) is 0 Å². The highest BCUT2D eigenvalue weighted by Crippen LogP contribution is 2.34. The molecule has 0 saturated carbocycles. The normalized spacial score (nSPS) is 27.6. The Morgan fingerprint density at radius 3 is 2.64 bits per heavy atom. The molecule has 25 heavy (non-hydrogen) atoms. The first kappa shape index (κ1) is 15.8. The van der Waals surface area contributed by atoms with Crippen LogP contribution in [0.3, 0.4) is 0 Å². The van der Waals surface area contributed by atoms with E-state index in [1.54, 1.807) is 30.6 Å². The molecule has 10 heteroatoms. The van der Waals surface area contributed by atoms with Crippen LogP contribution in [-0.2, 0) is 4.74 Å². The lowest BCUT2D eigenvalue weighted by atomic mass is 10.1. The van der Waals surface area contributed by atoms with Gasteiger partial charge in [-0.2, -0.15) is 4.57 Å². The van der Waals surface area contributed by atoms with E-state index in [2.05, 4.69) is 15.0 Å². The third kappa shape index (κ3) is 2.51. The molecule has 0 radical (unpaired) electrons. The number of rotatable bonds is 3. The Hall–Kier alpha value is -2.66. The Balaban J connectivity index is 1.67. The summed E-state index contributed by atoms with van der Waals surface area (Å²) in [5.41, 5.74) is 6.50. The van der Waals surface area contributed by atoms with E-state index >= 15 is 0 Å². The second-order valence-corrected chi connectivity index (χ2v) is 5.79. The smallest absolute Gasteiger partial charge is 0.289 e. The molecule has 1 fully saturated rings. The number of aliphatic hydroxyl groups is 3. The van der Waals surface area contributed by atoms with Crippen molar-refractivity contribution in [3.63, 3.8) is 0 Å². The van der Waals surface area contributed by atoms with Crippen LogP contribution in [0.15, 0.2) is 43.2 Å². The lowest BCUT2D eigenvalue weighted by Crippen LogP contribution is -2.49. The van der Waals surface area contributed by atoms with Gasteiger partial charge in [-0.05, 0) is 0 Å². The zero-order chi connectivity index (χ0) is 17.6. The highest BCUT2D eigenvalue weighted by Gasteiger charge is 2.50. The fourth-order valence-electron chi connectivity index (χ4n) is 2.98. The number of pyridine rings is 1. The molecular formula is C15H17N6O4+. The lowest BCUT2D eigenvalue weighted by molar-refractivity contribution is -0.768. The van der Waals surface area contributed by atoms with E-state index in [9.17, 15) is 15.3 Å². The molecule has 5 unspecified atom stereocenters. The topological polar surface area (TPSA) is 143 Å². The predicted molar refractivity (Wildman–Crippen MR) is 83.6 cm³/mol. The van der Waals surface area contributed by atoms with E-state index in [-0.39, 0.29) is 5.82 Å². The van der Waals surface area contributed by atoms with Crippen LogP contribution < -0.4 is 10.3 Å². The van der Waals surface area contributed by atoms with E-state index in [0.29, 0.717) is 11.2 Å². The number of anilines is 1. The van der Waals surface area contributed by atoms with Gasteiger partial charge in [-0.3, -0.25) is 4.57 Å². The number of hydrogen-bond acceptors (Lipinski definition) is 8. The predicted octanol–water partition coefficient (Wildman–Crippen LogP) is -1.49. The number of imidazole rings is 1. The molecule has 5 atom stereocenters. The molecule has 0 spiro atoms. The van der Waals surface area contributed by atoms with Crippen molar-refractivity contribution in [3.05, 3.63) is 43.2 Å². The van der Waals surface area contributed by atoms with Crippen LogP contribution in [0.25, 0.3) is 11.2 Å².